The lowest BCUT2D eigenvalue weighted by molar-refractivity contribution is 0.342. The van der Waals surface area contributed by atoms with Crippen molar-refractivity contribution in [2.75, 3.05) is 11.3 Å². The van der Waals surface area contributed by atoms with Gasteiger partial charge < -0.3 is 9.15 Å². The Morgan fingerprint density at radius 1 is 0.900 bits per heavy atom. The van der Waals surface area contributed by atoms with Crippen molar-refractivity contribution in [2.45, 2.75) is 11.8 Å². The highest BCUT2D eigenvalue weighted by Crippen LogP contribution is 2.29. The zero-order valence-corrected chi connectivity index (χ0v) is 17.1. The van der Waals surface area contributed by atoms with Crippen LogP contribution in [0.3, 0.4) is 0 Å². The average Bonchev–Trinajstić information content (AvgIpc) is 3.26. The van der Waals surface area contributed by atoms with E-state index in [1.165, 1.54) is 12.1 Å². The Balaban J connectivity index is 1.56. The highest BCUT2D eigenvalue weighted by atomic mass is 32.2. The lowest BCUT2D eigenvalue weighted by Crippen LogP contribution is -2.13. The second-order valence-corrected chi connectivity index (χ2v) is 8.14. The molecule has 6 nitrogen and oxygen atoms in total. The molecule has 0 spiro atoms. The highest BCUT2D eigenvalue weighted by Gasteiger charge is 2.17. The summed E-state index contributed by atoms with van der Waals surface area (Å²) >= 11 is 0. The van der Waals surface area contributed by atoms with Crippen LogP contribution < -0.4 is 9.46 Å². The van der Waals surface area contributed by atoms with E-state index in [1.807, 2.05) is 37.3 Å². The van der Waals surface area contributed by atoms with E-state index in [-0.39, 0.29) is 4.90 Å². The molecule has 30 heavy (non-hydrogen) atoms. The van der Waals surface area contributed by atoms with E-state index in [9.17, 15) is 8.42 Å². The van der Waals surface area contributed by atoms with Gasteiger partial charge in [-0.05, 0) is 43.3 Å². The molecule has 4 aromatic rings. The summed E-state index contributed by atoms with van der Waals surface area (Å²) in [5.41, 5.74) is 2.00. The SMILES string of the molecule is CCOc1ccccc1NS(=O)(=O)c1ccc(-c2ncc(-c3ccccc3)o2)cc1. The second kappa shape index (κ2) is 8.42. The van der Waals surface area contributed by atoms with E-state index in [1.54, 1.807) is 42.6 Å². The Kier molecular flexibility index (Phi) is 5.54. The first-order valence-electron chi connectivity index (χ1n) is 9.43. The minimum absolute atomic E-state index is 0.132. The van der Waals surface area contributed by atoms with Gasteiger partial charge in [0.2, 0.25) is 5.89 Å². The maximum Gasteiger partial charge on any atom is 0.262 e. The molecule has 3 aromatic carbocycles. The quantitative estimate of drug-likeness (QED) is 0.444. The summed E-state index contributed by atoms with van der Waals surface area (Å²) in [7, 11) is -3.77. The third-order valence-corrected chi connectivity index (χ3v) is 5.79. The molecule has 0 saturated heterocycles. The van der Waals surface area contributed by atoms with Crippen LogP contribution in [0.4, 0.5) is 5.69 Å². The summed E-state index contributed by atoms with van der Waals surface area (Å²) in [5, 5.41) is 0. The van der Waals surface area contributed by atoms with Gasteiger partial charge in [-0.2, -0.15) is 0 Å². The zero-order chi connectivity index (χ0) is 21.0. The van der Waals surface area contributed by atoms with Crippen LogP contribution in [0, 0.1) is 0 Å². The van der Waals surface area contributed by atoms with Crippen molar-refractivity contribution in [1.29, 1.82) is 0 Å². The first-order valence-corrected chi connectivity index (χ1v) is 10.9. The molecule has 1 heterocycles. The number of rotatable bonds is 7. The number of benzene rings is 3. The lowest BCUT2D eigenvalue weighted by Gasteiger charge is -2.12. The molecule has 0 unspecified atom stereocenters. The first kappa shape index (κ1) is 19.7. The fraction of sp³-hybridized carbons (Fsp3) is 0.0870. The maximum atomic E-state index is 12.8. The minimum atomic E-state index is -3.77. The number of hydrogen-bond donors (Lipinski definition) is 1. The lowest BCUT2D eigenvalue weighted by atomic mass is 10.2. The Labute approximate surface area is 175 Å². The summed E-state index contributed by atoms with van der Waals surface area (Å²) in [4.78, 5) is 4.44. The third kappa shape index (κ3) is 4.21. The minimum Gasteiger partial charge on any atom is -0.492 e. The molecule has 0 aliphatic carbocycles. The number of sulfonamides is 1. The number of anilines is 1. The number of para-hydroxylation sites is 2. The first-order chi connectivity index (χ1) is 14.6. The van der Waals surface area contributed by atoms with Crippen LogP contribution in [0.5, 0.6) is 5.75 Å². The normalized spacial score (nSPS) is 11.2. The molecule has 0 radical (unpaired) electrons. The molecule has 0 saturated carbocycles. The number of nitrogens with one attached hydrogen (secondary N) is 1. The summed E-state index contributed by atoms with van der Waals surface area (Å²) in [6, 6.07) is 23.0. The van der Waals surface area contributed by atoms with E-state index < -0.39 is 10.0 Å². The molecule has 152 valence electrons. The predicted molar refractivity (Wildman–Crippen MR) is 116 cm³/mol. The summed E-state index contributed by atoms with van der Waals surface area (Å²) < 4.78 is 39.5. The standard InChI is InChI=1S/C23H20N2O4S/c1-2-28-21-11-7-6-10-20(21)25-30(26,27)19-14-12-18(13-15-19)23-24-16-22(29-23)17-8-4-3-5-9-17/h3-16,25H,2H2,1H3. The monoisotopic (exact) mass is 420 g/mol. The Morgan fingerprint density at radius 3 is 2.33 bits per heavy atom. The van der Waals surface area contributed by atoms with Crippen molar-refractivity contribution in [2.24, 2.45) is 0 Å². The van der Waals surface area contributed by atoms with Gasteiger partial charge in [0, 0.05) is 11.1 Å². The fourth-order valence-corrected chi connectivity index (χ4v) is 4.03. The van der Waals surface area contributed by atoms with Crippen molar-refractivity contribution in [3.63, 3.8) is 0 Å². The van der Waals surface area contributed by atoms with Gasteiger partial charge in [-0.25, -0.2) is 13.4 Å². The molecule has 0 aliphatic rings. The molecular weight excluding hydrogens is 400 g/mol. The number of aromatic nitrogens is 1. The third-order valence-electron chi connectivity index (χ3n) is 4.41. The van der Waals surface area contributed by atoms with E-state index in [0.717, 1.165) is 5.56 Å². The highest BCUT2D eigenvalue weighted by molar-refractivity contribution is 7.92. The van der Waals surface area contributed by atoms with Gasteiger partial charge in [0.25, 0.3) is 10.0 Å². The van der Waals surface area contributed by atoms with Crippen LogP contribution in [0.1, 0.15) is 6.92 Å². The Morgan fingerprint density at radius 2 is 1.60 bits per heavy atom. The van der Waals surface area contributed by atoms with E-state index in [0.29, 0.717) is 35.3 Å². The molecular formula is C23H20N2O4S. The molecule has 1 aromatic heterocycles. The number of ether oxygens (including phenoxy) is 1. The van der Waals surface area contributed by atoms with Crippen LogP contribution in [-0.2, 0) is 10.0 Å². The molecule has 0 atom stereocenters. The van der Waals surface area contributed by atoms with Crippen LogP contribution in [0.25, 0.3) is 22.8 Å². The smallest absolute Gasteiger partial charge is 0.262 e. The van der Waals surface area contributed by atoms with Crippen LogP contribution in [0.2, 0.25) is 0 Å². The molecule has 7 heteroatoms. The summed E-state index contributed by atoms with van der Waals surface area (Å²) in [6.07, 6.45) is 1.65. The van der Waals surface area contributed by atoms with E-state index in [2.05, 4.69) is 9.71 Å². The number of hydrogen-bond acceptors (Lipinski definition) is 5. The van der Waals surface area contributed by atoms with Crippen LogP contribution in [0.15, 0.2) is 94.4 Å². The number of nitrogens with zero attached hydrogens (tertiary/aromatic N) is 1. The summed E-state index contributed by atoms with van der Waals surface area (Å²) in [6.45, 7) is 2.28. The van der Waals surface area contributed by atoms with Crippen molar-refractivity contribution in [3.8, 4) is 28.5 Å². The van der Waals surface area contributed by atoms with E-state index in [4.69, 9.17) is 9.15 Å². The van der Waals surface area contributed by atoms with Crippen molar-refractivity contribution in [3.05, 3.63) is 85.1 Å². The molecule has 0 amide bonds. The van der Waals surface area contributed by atoms with Gasteiger partial charge in [0.05, 0.1) is 23.4 Å². The average molecular weight is 420 g/mol. The van der Waals surface area contributed by atoms with Crippen LogP contribution in [-0.4, -0.2) is 20.0 Å². The molecule has 0 fully saturated rings. The second-order valence-electron chi connectivity index (χ2n) is 6.45. The van der Waals surface area contributed by atoms with Crippen molar-refractivity contribution >= 4 is 15.7 Å². The Hall–Kier alpha value is -3.58. The largest absolute Gasteiger partial charge is 0.492 e. The van der Waals surface area contributed by atoms with Gasteiger partial charge in [-0.3, -0.25) is 4.72 Å². The van der Waals surface area contributed by atoms with Crippen molar-refractivity contribution in [1.82, 2.24) is 4.98 Å². The molecule has 0 aliphatic heterocycles. The van der Waals surface area contributed by atoms with Gasteiger partial charge in [-0.15, -0.1) is 0 Å². The van der Waals surface area contributed by atoms with Crippen LogP contribution >= 0.6 is 0 Å². The molecule has 0 bridgehead atoms. The topological polar surface area (TPSA) is 81.4 Å². The van der Waals surface area contributed by atoms with Gasteiger partial charge >= 0.3 is 0 Å². The zero-order valence-electron chi connectivity index (χ0n) is 16.3. The summed E-state index contributed by atoms with van der Waals surface area (Å²) in [5.74, 6) is 1.55. The van der Waals surface area contributed by atoms with Crippen molar-refractivity contribution < 1.29 is 17.6 Å². The Bertz CT molecular complexity index is 1230. The predicted octanol–water partition coefficient (Wildman–Crippen LogP) is 5.21. The van der Waals surface area contributed by atoms with Gasteiger partial charge in [-0.1, -0.05) is 42.5 Å². The van der Waals surface area contributed by atoms with E-state index >= 15 is 0 Å². The fourth-order valence-electron chi connectivity index (χ4n) is 2.96. The number of oxazole rings is 1. The molecule has 1 N–H and O–H groups in total. The van der Waals surface area contributed by atoms with Gasteiger partial charge in [0.1, 0.15) is 5.75 Å². The molecule has 4 rings (SSSR count). The maximum absolute atomic E-state index is 12.8. The van der Waals surface area contributed by atoms with Gasteiger partial charge in [0.15, 0.2) is 5.76 Å².